The normalized spacial score (nSPS) is 13.5. The van der Waals surface area contributed by atoms with Gasteiger partial charge in [-0.05, 0) is 31.0 Å². The summed E-state index contributed by atoms with van der Waals surface area (Å²) in [5, 5.41) is 14.8. The molecule has 5 nitrogen and oxygen atoms in total. The molecule has 3 N–H and O–H groups in total. The van der Waals surface area contributed by atoms with Gasteiger partial charge >= 0.3 is 6.03 Å². The first-order chi connectivity index (χ1) is 8.97. The molecule has 0 saturated carbocycles. The molecule has 0 aliphatic rings. The van der Waals surface area contributed by atoms with Gasteiger partial charge in [-0.15, -0.1) is 0 Å². The number of halogens is 1. The van der Waals surface area contributed by atoms with E-state index in [1.807, 2.05) is 13.8 Å². The molecular formula is C13H19ClN2O3. The molecule has 0 spiro atoms. The predicted octanol–water partition coefficient (Wildman–Crippen LogP) is 2.49. The van der Waals surface area contributed by atoms with Crippen molar-refractivity contribution in [3.05, 3.63) is 23.2 Å². The Morgan fingerprint density at radius 2 is 2.16 bits per heavy atom. The van der Waals surface area contributed by atoms with Crippen molar-refractivity contribution in [3.8, 4) is 5.75 Å². The second-order valence-corrected chi connectivity index (χ2v) is 4.80. The predicted molar refractivity (Wildman–Crippen MR) is 75.9 cm³/mol. The Bertz CT molecular complexity index is 440. The lowest BCUT2D eigenvalue weighted by Crippen LogP contribution is -2.40. The van der Waals surface area contributed by atoms with Crippen molar-refractivity contribution in [2.45, 2.75) is 19.9 Å². The summed E-state index contributed by atoms with van der Waals surface area (Å²) in [4.78, 5) is 11.7. The zero-order valence-corrected chi connectivity index (χ0v) is 12.0. The minimum absolute atomic E-state index is 0.00907. The minimum Gasteiger partial charge on any atom is -0.495 e. The van der Waals surface area contributed by atoms with E-state index in [1.54, 1.807) is 18.2 Å². The molecule has 0 saturated heterocycles. The van der Waals surface area contributed by atoms with Crippen molar-refractivity contribution >= 4 is 23.3 Å². The highest BCUT2D eigenvalue weighted by atomic mass is 35.5. The maximum Gasteiger partial charge on any atom is 0.319 e. The van der Waals surface area contributed by atoms with Crippen molar-refractivity contribution < 1.29 is 14.6 Å². The Morgan fingerprint density at radius 1 is 1.47 bits per heavy atom. The number of ether oxygens (including phenoxy) is 1. The molecule has 0 bridgehead atoms. The number of aliphatic hydroxyl groups is 1. The molecule has 0 fully saturated rings. The quantitative estimate of drug-likeness (QED) is 0.779. The van der Waals surface area contributed by atoms with E-state index in [0.29, 0.717) is 16.5 Å². The molecule has 2 unspecified atom stereocenters. The lowest BCUT2D eigenvalue weighted by molar-refractivity contribution is 0.204. The average molecular weight is 287 g/mol. The molecule has 0 aliphatic heterocycles. The molecule has 0 radical (unpaired) electrons. The van der Waals surface area contributed by atoms with Gasteiger partial charge in [0.1, 0.15) is 5.75 Å². The van der Waals surface area contributed by atoms with Gasteiger partial charge in [0, 0.05) is 18.3 Å². The summed E-state index contributed by atoms with van der Waals surface area (Å²) in [5.74, 6) is 0.542. The first-order valence-corrected chi connectivity index (χ1v) is 6.37. The first-order valence-electron chi connectivity index (χ1n) is 5.99. The van der Waals surface area contributed by atoms with Crippen LogP contribution in [0.2, 0.25) is 5.02 Å². The van der Waals surface area contributed by atoms with E-state index in [-0.39, 0.29) is 24.6 Å². The number of nitrogens with one attached hydrogen (secondary N) is 2. The third kappa shape index (κ3) is 4.61. The number of hydrogen-bond acceptors (Lipinski definition) is 3. The van der Waals surface area contributed by atoms with Gasteiger partial charge < -0.3 is 20.5 Å². The molecule has 2 atom stereocenters. The second kappa shape index (κ2) is 7.21. The number of aliphatic hydroxyl groups excluding tert-OH is 1. The zero-order chi connectivity index (χ0) is 14.4. The van der Waals surface area contributed by atoms with Crippen LogP contribution in [0.15, 0.2) is 18.2 Å². The van der Waals surface area contributed by atoms with Crippen molar-refractivity contribution in [2.75, 3.05) is 19.0 Å². The van der Waals surface area contributed by atoms with Gasteiger partial charge in [-0.1, -0.05) is 18.5 Å². The number of urea groups is 1. The maximum absolute atomic E-state index is 11.7. The molecule has 19 heavy (non-hydrogen) atoms. The summed E-state index contributed by atoms with van der Waals surface area (Å²) in [6.07, 6.45) is 0. The summed E-state index contributed by atoms with van der Waals surface area (Å²) < 4.78 is 5.03. The number of anilines is 1. The molecule has 106 valence electrons. The van der Waals surface area contributed by atoms with Gasteiger partial charge in [-0.3, -0.25) is 0 Å². The third-order valence-electron chi connectivity index (χ3n) is 2.91. The fraction of sp³-hybridized carbons (Fsp3) is 0.462. The third-order valence-corrected chi connectivity index (χ3v) is 3.21. The SMILES string of the molecule is COc1ccc(NC(=O)NC(C)C(C)CO)cc1Cl. The monoisotopic (exact) mass is 286 g/mol. The van der Waals surface area contributed by atoms with E-state index in [0.717, 1.165) is 0 Å². The number of hydrogen-bond donors (Lipinski definition) is 3. The molecule has 6 heteroatoms. The van der Waals surface area contributed by atoms with Crippen molar-refractivity contribution in [3.63, 3.8) is 0 Å². The first kappa shape index (κ1) is 15.6. The Labute approximate surface area is 117 Å². The molecule has 1 aromatic rings. The van der Waals surface area contributed by atoms with Crippen molar-refractivity contribution in [1.29, 1.82) is 0 Å². The number of benzene rings is 1. The maximum atomic E-state index is 11.7. The molecule has 0 aromatic heterocycles. The lowest BCUT2D eigenvalue weighted by Gasteiger charge is -2.19. The van der Waals surface area contributed by atoms with Crippen LogP contribution in [0.25, 0.3) is 0 Å². The van der Waals surface area contributed by atoms with Crippen LogP contribution in [-0.4, -0.2) is 30.9 Å². The van der Waals surface area contributed by atoms with Crippen LogP contribution in [0, 0.1) is 5.92 Å². The van der Waals surface area contributed by atoms with Gasteiger partial charge in [-0.2, -0.15) is 0 Å². The van der Waals surface area contributed by atoms with Crippen molar-refractivity contribution in [2.24, 2.45) is 5.92 Å². The summed E-state index contributed by atoms with van der Waals surface area (Å²) >= 11 is 5.96. The Morgan fingerprint density at radius 3 is 2.68 bits per heavy atom. The summed E-state index contributed by atoms with van der Waals surface area (Å²) in [5.41, 5.74) is 0.576. The van der Waals surface area contributed by atoms with Gasteiger partial charge in [0.15, 0.2) is 0 Å². The molecule has 0 aliphatic carbocycles. The molecule has 2 amide bonds. The highest BCUT2D eigenvalue weighted by Crippen LogP contribution is 2.27. The molecule has 0 heterocycles. The van der Waals surface area contributed by atoms with Crippen LogP contribution in [0.5, 0.6) is 5.75 Å². The van der Waals surface area contributed by atoms with Crippen LogP contribution >= 0.6 is 11.6 Å². The molecule has 1 aromatic carbocycles. The molecular weight excluding hydrogens is 268 g/mol. The van der Waals surface area contributed by atoms with E-state index in [9.17, 15) is 4.79 Å². The summed E-state index contributed by atoms with van der Waals surface area (Å²) in [7, 11) is 1.53. The van der Waals surface area contributed by atoms with Gasteiger partial charge in [0.25, 0.3) is 0 Å². The summed E-state index contributed by atoms with van der Waals surface area (Å²) in [6.45, 7) is 3.71. The van der Waals surface area contributed by atoms with E-state index < -0.39 is 0 Å². The fourth-order valence-corrected chi connectivity index (χ4v) is 1.68. The number of carbonyl (C=O) groups is 1. The number of rotatable bonds is 5. The number of amides is 2. The van der Waals surface area contributed by atoms with E-state index >= 15 is 0 Å². The smallest absolute Gasteiger partial charge is 0.319 e. The Balaban J connectivity index is 2.60. The fourth-order valence-electron chi connectivity index (χ4n) is 1.42. The van der Waals surface area contributed by atoms with Gasteiger partial charge in [0.05, 0.1) is 12.1 Å². The zero-order valence-electron chi connectivity index (χ0n) is 11.2. The average Bonchev–Trinajstić information content (AvgIpc) is 2.37. The van der Waals surface area contributed by atoms with Crippen LogP contribution in [0.3, 0.4) is 0 Å². The van der Waals surface area contributed by atoms with Crippen LogP contribution in [0.1, 0.15) is 13.8 Å². The second-order valence-electron chi connectivity index (χ2n) is 4.40. The standard InChI is InChI=1S/C13H19ClN2O3/c1-8(7-17)9(2)15-13(18)16-10-4-5-12(19-3)11(14)6-10/h4-6,8-9,17H,7H2,1-3H3,(H2,15,16,18). The van der Waals surface area contributed by atoms with E-state index in [2.05, 4.69) is 10.6 Å². The largest absolute Gasteiger partial charge is 0.495 e. The molecule has 1 rings (SSSR count). The highest BCUT2D eigenvalue weighted by Gasteiger charge is 2.14. The highest BCUT2D eigenvalue weighted by molar-refractivity contribution is 6.32. The summed E-state index contributed by atoms with van der Waals surface area (Å²) in [6, 6.07) is 4.52. The minimum atomic E-state index is -0.339. The Hall–Kier alpha value is -1.46. The van der Waals surface area contributed by atoms with E-state index in [4.69, 9.17) is 21.4 Å². The van der Waals surface area contributed by atoms with E-state index in [1.165, 1.54) is 7.11 Å². The van der Waals surface area contributed by atoms with Crippen molar-refractivity contribution in [1.82, 2.24) is 5.32 Å². The van der Waals surface area contributed by atoms with Gasteiger partial charge in [0.2, 0.25) is 0 Å². The number of carbonyl (C=O) groups excluding carboxylic acids is 1. The number of methoxy groups -OCH3 is 1. The topological polar surface area (TPSA) is 70.6 Å². The Kier molecular flexibility index (Phi) is 5.92. The van der Waals surface area contributed by atoms with Crippen LogP contribution in [-0.2, 0) is 0 Å². The van der Waals surface area contributed by atoms with Crippen LogP contribution in [0.4, 0.5) is 10.5 Å². The van der Waals surface area contributed by atoms with Gasteiger partial charge in [-0.25, -0.2) is 4.79 Å². The van der Waals surface area contributed by atoms with Crippen LogP contribution < -0.4 is 15.4 Å². The lowest BCUT2D eigenvalue weighted by atomic mass is 10.1.